The van der Waals surface area contributed by atoms with Crippen molar-refractivity contribution in [3.63, 3.8) is 0 Å². The van der Waals surface area contributed by atoms with Crippen LogP contribution < -0.4 is 10.1 Å². The van der Waals surface area contributed by atoms with Crippen molar-refractivity contribution in [1.29, 1.82) is 0 Å². The maximum Gasteiger partial charge on any atom is 0.251 e. The number of benzene rings is 2. The maximum absolute atomic E-state index is 12.1. The van der Waals surface area contributed by atoms with Gasteiger partial charge in [-0.25, -0.2) is 0 Å². The van der Waals surface area contributed by atoms with Crippen LogP contribution in [0.3, 0.4) is 0 Å². The molecule has 5 heteroatoms. The van der Waals surface area contributed by atoms with Crippen LogP contribution in [0.1, 0.15) is 28.8 Å². The summed E-state index contributed by atoms with van der Waals surface area (Å²) in [6, 6.07) is 14.9. The van der Waals surface area contributed by atoms with Gasteiger partial charge in [0.05, 0.1) is 0 Å². The SMILES string of the molecule is CN1CCC(Oc2ccc(CNC(=O)c3cccc(Cl)c3)cc2)CC1. The highest BCUT2D eigenvalue weighted by molar-refractivity contribution is 6.30. The van der Waals surface area contributed by atoms with Crippen LogP contribution in [0.2, 0.25) is 5.02 Å². The number of likely N-dealkylation sites (tertiary alicyclic amines) is 1. The van der Waals surface area contributed by atoms with Crippen LogP contribution in [0.15, 0.2) is 48.5 Å². The van der Waals surface area contributed by atoms with Gasteiger partial charge in [0.25, 0.3) is 5.91 Å². The minimum atomic E-state index is -0.130. The van der Waals surface area contributed by atoms with Gasteiger partial charge in [-0.1, -0.05) is 29.8 Å². The van der Waals surface area contributed by atoms with Crippen molar-refractivity contribution in [3.8, 4) is 5.75 Å². The smallest absolute Gasteiger partial charge is 0.251 e. The van der Waals surface area contributed by atoms with E-state index < -0.39 is 0 Å². The molecular formula is C20H23ClN2O2. The van der Waals surface area contributed by atoms with Crippen LogP contribution in [0, 0.1) is 0 Å². The van der Waals surface area contributed by atoms with E-state index in [-0.39, 0.29) is 5.91 Å². The van der Waals surface area contributed by atoms with Crippen LogP contribution in [0.5, 0.6) is 5.75 Å². The molecule has 0 aromatic heterocycles. The fourth-order valence-electron chi connectivity index (χ4n) is 2.90. The molecule has 1 saturated heterocycles. The summed E-state index contributed by atoms with van der Waals surface area (Å²) in [4.78, 5) is 14.5. The molecule has 1 aliphatic heterocycles. The molecule has 25 heavy (non-hydrogen) atoms. The molecule has 0 unspecified atom stereocenters. The second kappa shape index (κ2) is 8.37. The Morgan fingerprint density at radius 2 is 1.92 bits per heavy atom. The number of piperidine rings is 1. The zero-order valence-corrected chi connectivity index (χ0v) is 15.1. The van der Waals surface area contributed by atoms with Crippen molar-refractivity contribution in [1.82, 2.24) is 10.2 Å². The minimum Gasteiger partial charge on any atom is -0.490 e. The molecule has 0 radical (unpaired) electrons. The summed E-state index contributed by atoms with van der Waals surface area (Å²) in [7, 11) is 2.14. The fourth-order valence-corrected chi connectivity index (χ4v) is 3.09. The lowest BCUT2D eigenvalue weighted by Gasteiger charge is -2.29. The molecule has 0 bridgehead atoms. The topological polar surface area (TPSA) is 41.6 Å². The van der Waals surface area contributed by atoms with Gasteiger partial charge in [-0.05, 0) is 55.8 Å². The van der Waals surface area contributed by atoms with Gasteiger partial charge in [0.2, 0.25) is 0 Å². The molecule has 2 aromatic rings. The van der Waals surface area contributed by atoms with Crippen molar-refractivity contribution < 1.29 is 9.53 Å². The summed E-state index contributed by atoms with van der Waals surface area (Å²) in [5.74, 6) is 0.758. The third-order valence-electron chi connectivity index (χ3n) is 4.43. The molecule has 1 heterocycles. The molecule has 4 nitrogen and oxygen atoms in total. The number of nitrogens with one attached hydrogen (secondary N) is 1. The third-order valence-corrected chi connectivity index (χ3v) is 4.67. The van der Waals surface area contributed by atoms with E-state index in [0.29, 0.717) is 23.2 Å². The third kappa shape index (κ3) is 5.21. The van der Waals surface area contributed by atoms with Gasteiger partial charge >= 0.3 is 0 Å². The van der Waals surface area contributed by atoms with Gasteiger partial charge in [-0.2, -0.15) is 0 Å². The molecule has 3 rings (SSSR count). The minimum absolute atomic E-state index is 0.130. The number of rotatable bonds is 5. The maximum atomic E-state index is 12.1. The van der Waals surface area contributed by atoms with Gasteiger partial charge in [-0.15, -0.1) is 0 Å². The Balaban J connectivity index is 1.50. The highest BCUT2D eigenvalue weighted by Crippen LogP contribution is 2.19. The van der Waals surface area contributed by atoms with Gasteiger partial charge in [-0.3, -0.25) is 4.79 Å². The Kier molecular flexibility index (Phi) is 5.95. The fraction of sp³-hybridized carbons (Fsp3) is 0.350. The van der Waals surface area contributed by atoms with Crippen LogP contribution >= 0.6 is 11.6 Å². The number of carbonyl (C=O) groups is 1. The van der Waals surface area contributed by atoms with Gasteiger partial charge in [0.1, 0.15) is 11.9 Å². The second-order valence-electron chi connectivity index (χ2n) is 6.46. The number of ether oxygens (including phenoxy) is 1. The summed E-state index contributed by atoms with van der Waals surface area (Å²) in [5, 5.41) is 3.46. The number of carbonyl (C=O) groups excluding carboxylic acids is 1. The van der Waals surface area contributed by atoms with Crippen molar-refractivity contribution in [3.05, 3.63) is 64.7 Å². The van der Waals surface area contributed by atoms with Gasteiger partial charge in [0, 0.05) is 30.2 Å². The number of hydrogen-bond acceptors (Lipinski definition) is 3. The molecule has 0 atom stereocenters. The molecule has 2 aromatic carbocycles. The summed E-state index contributed by atoms with van der Waals surface area (Å²) in [6.45, 7) is 2.64. The lowest BCUT2D eigenvalue weighted by Crippen LogP contribution is -2.35. The molecule has 1 amide bonds. The first-order valence-corrected chi connectivity index (χ1v) is 8.96. The number of amides is 1. The Hall–Kier alpha value is -2.04. The van der Waals surface area contributed by atoms with E-state index in [4.69, 9.17) is 16.3 Å². The average molecular weight is 359 g/mol. The molecule has 0 saturated carbocycles. The van der Waals surface area contributed by atoms with Crippen LogP contribution in [0.25, 0.3) is 0 Å². The summed E-state index contributed by atoms with van der Waals surface area (Å²) >= 11 is 5.91. The van der Waals surface area contributed by atoms with Crippen LogP contribution in [0.4, 0.5) is 0 Å². The van der Waals surface area contributed by atoms with Crippen LogP contribution in [-0.2, 0) is 6.54 Å². The van der Waals surface area contributed by atoms with Crippen LogP contribution in [-0.4, -0.2) is 37.0 Å². The quantitative estimate of drug-likeness (QED) is 0.885. The van der Waals surface area contributed by atoms with Gasteiger partial charge in [0.15, 0.2) is 0 Å². The van der Waals surface area contributed by atoms with E-state index in [1.807, 2.05) is 24.3 Å². The predicted molar refractivity (Wildman–Crippen MR) is 100 cm³/mol. The first kappa shape index (κ1) is 17.8. The zero-order chi connectivity index (χ0) is 17.6. The van der Waals surface area contributed by atoms with E-state index in [1.165, 1.54) is 0 Å². The van der Waals surface area contributed by atoms with Gasteiger partial charge < -0.3 is 15.0 Å². The Bertz CT molecular complexity index is 710. The standard InChI is InChI=1S/C20H23ClN2O2/c1-23-11-9-19(10-12-23)25-18-7-5-15(6-8-18)14-22-20(24)16-3-2-4-17(21)13-16/h2-8,13,19H,9-12,14H2,1H3,(H,22,24). The van der Waals surface area contributed by atoms with Crippen molar-refractivity contribution in [2.75, 3.05) is 20.1 Å². The number of hydrogen-bond donors (Lipinski definition) is 1. The largest absolute Gasteiger partial charge is 0.490 e. The van der Waals surface area contributed by atoms with E-state index in [9.17, 15) is 4.79 Å². The summed E-state index contributed by atoms with van der Waals surface area (Å²) < 4.78 is 6.04. The average Bonchev–Trinajstić information content (AvgIpc) is 2.63. The second-order valence-corrected chi connectivity index (χ2v) is 6.89. The lowest BCUT2D eigenvalue weighted by atomic mass is 10.1. The molecule has 0 spiro atoms. The van der Waals surface area contributed by atoms with Crippen molar-refractivity contribution >= 4 is 17.5 Å². The van der Waals surface area contributed by atoms with E-state index in [0.717, 1.165) is 37.2 Å². The molecule has 1 aliphatic rings. The predicted octanol–water partition coefficient (Wildman–Crippen LogP) is 3.74. The zero-order valence-electron chi connectivity index (χ0n) is 14.4. The molecule has 0 aliphatic carbocycles. The summed E-state index contributed by atoms with van der Waals surface area (Å²) in [6.07, 6.45) is 2.42. The highest BCUT2D eigenvalue weighted by atomic mass is 35.5. The first-order chi connectivity index (χ1) is 12.1. The van der Waals surface area contributed by atoms with Crippen molar-refractivity contribution in [2.45, 2.75) is 25.5 Å². The molecule has 1 fully saturated rings. The lowest BCUT2D eigenvalue weighted by molar-refractivity contribution is 0.0951. The number of halogens is 1. The monoisotopic (exact) mass is 358 g/mol. The Morgan fingerprint density at radius 3 is 2.60 bits per heavy atom. The first-order valence-electron chi connectivity index (χ1n) is 8.58. The Labute approximate surface area is 153 Å². The molecular weight excluding hydrogens is 336 g/mol. The summed E-state index contributed by atoms with van der Waals surface area (Å²) in [5.41, 5.74) is 1.60. The normalized spacial score (nSPS) is 15.8. The van der Waals surface area contributed by atoms with E-state index >= 15 is 0 Å². The van der Waals surface area contributed by atoms with E-state index in [2.05, 4.69) is 17.3 Å². The number of nitrogens with zero attached hydrogens (tertiary/aromatic N) is 1. The highest BCUT2D eigenvalue weighted by Gasteiger charge is 2.17. The van der Waals surface area contributed by atoms with Crippen molar-refractivity contribution in [2.24, 2.45) is 0 Å². The molecule has 1 N–H and O–H groups in total. The molecule has 132 valence electrons. The Morgan fingerprint density at radius 1 is 1.20 bits per heavy atom. The van der Waals surface area contributed by atoms with E-state index in [1.54, 1.807) is 24.3 Å².